The fourth-order valence-electron chi connectivity index (χ4n) is 1.73. The van der Waals surface area contributed by atoms with Crippen LogP contribution in [0.2, 0.25) is 0 Å². The van der Waals surface area contributed by atoms with Crippen molar-refractivity contribution < 1.29 is 9.90 Å². The molecule has 0 amide bonds. The minimum Gasteiger partial charge on any atom is -0.550 e. The van der Waals surface area contributed by atoms with Gasteiger partial charge in [-0.25, -0.2) is 0 Å². The van der Waals surface area contributed by atoms with Crippen molar-refractivity contribution in [1.82, 2.24) is 0 Å². The summed E-state index contributed by atoms with van der Waals surface area (Å²) in [5.74, 6) is -0.965. The van der Waals surface area contributed by atoms with E-state index in [0.717, 1.165) is 38.5 Å². The Morgan fingerprint density at radius 2 is 1.14 bits per heavy atom. The lowest BCUT2D eigenvalue weighted by atomic mass is 10.2. The predicted octanol–water partition coefficient (Wildman–Crippen LogP) is 4.66. The van der Waals surface area contributed by atoms with Crippen LogP contribution in [0.5, 0.6) is 0 Å². The van der Waals surface area contributed by atoms with Crippen molar-refractivity contribution in [2.75, 3.05) is 0 Å². The molecule has 0 atom stereocenters. The maximum absolute atomic E-state index is 10.2. The van der Waals surface area contributed by atoms with E-state index >= 15 is 0 Å². The van der Waals surface area contributed by atoms with E-state index in [-0.39, 0.29) is 6.42 Å². The van der Waals surface area contributed by atoms with Crippen LogP contribution >= 0.6 is 0 Å². The zero-order valence-corrected chi connectivity index (χ0v) is 13.7. The molecule has 122 valence electrons. The number of hydrogen-bond acceptors (Lipinski definition) is 2. The number of rotatable bonds is 13. The molecule has 0 aromatic heterocycles. The SMILES string of the molecule is CCC=CCC=CCC=CCC=CCC=CCCCC(=O)[O-]. The molecule has 0 aliphatic rings. The lowest BCUT2D eigenvalue weighted by molar-refractivity contribution is -0.305. The number of carboxylic acid groups (broad SMARTS) is 1. The van der Waals surface area contributed by atoms with E-state index in [1.807, 2.05) is 6.08 Å². The van der Waals surface area contributed by atoms with Crippen molar-refractivity contribution in [3.05, 3.63) is 60.8 Å². The van der Waals surface area contributed by atoms with Crippen LogP contribution in [0, 0.1) is 0 Å². The molecule has 0 aromatic rings. The number of hydrogen-bond donors (Lipinski definition) is 0. The van der Waals surface area contributed by atoms with Gasteiger partial charge in [0.1, 0.15) is 0 Å². The Morgan fingerprint density at radius 3 is 1.55 bits per heavy atom. The number of aliphatic carboxylic acids is 1. The fraction of sp³-hybridized carbons (Fsp3) is 0.450. The summed E-state index contributed by atoms with van der Waals surface area (Å²) in [6.07, 6.45) is 28.1. The van der Waals surface area contributed by atoms with E-state index in [1.54, 1.807) is 0 Å². The quantitative estimate of drug-likeness (QED) is 0.367. The van der Waals surface area contributed by atoms with Gasteiger partial charge in [-0.1, -0.05) is 67.7 Å². The van der Waals surface area contributed by atoms with Gasteiger partial charge in [-0.15, -0.1) is 0 Å². The molecule has 22 heavy (non-hydrogen) atoms. The van der Waals surface area contributed by atoms with E-state index in [2.05, 4.69) is 61.6 Å². The second-order valence-corrected chi connectivity index (χ2v) is 4.97. The van der Waals surface area contributed by atoms with Crippen molar-refractivity contribution in [2.24, 2.45) is 0 Å². The first kappa shape index (κ1) is 20.2. The van der Waals surface area contributed by atoms with Gasteiger partial charge in [0.25, 0.3) is 0 Å². The van der Waals surface area contributed by atoms with Crippen molar-refractivity contribution in [2.45, 2.75) is 58.3 Å². The first-order valence-corrected chi connectivity index (χ1v) is 8.22. The summed E-state index contributed by atoms with van der Waals surface area (Å²) in [6, 6.07) is 0. The summed E-state index contributed by atoms with van der Waals surface area (Å²) in [4.78, 5) is 10.2. The van der Waals surface area contributed by atoms with Crippen molar-refractivity contribution in [3.8, 4) is 0 Å². The smallest absolute Gasteiger partial charge is 0.0414 e. The summed E-state index contributed by atoms with van der Waals surface area (Å²) in [5, 5.41) is 10.2. The number of carboxylic acids is 1. The molecule has 0 saturated heterocycles. The monoisotopic (exact) mass is 301 g/mol. The van der Waals surface area contributed by atoms with Crippen LogP contribution < -0.4 is 5.11 Å². The number of carbonyl (C=O) groups is 1. The van der Waals surface area contributed by atoms with Gasteiger partial charge in [0, 0.05) is 5.97 Å². The number of unbranched alkanes of at least 4 members (excludes halogenated alkanes) is 1. The molecule has 0 N–H and O–H groups in total. The molecule has 0 aromatic carbocycles. The molecule has 0 rings (SSSR count). The van der Waals surface area contributed by atoms with E-state index < -0.39 is 5.97 Å². The van der Waals surface area contributed by atoms with E-state index in [1.165, 1.54) is 0 Å². The highest BCUT2D eigenvalue weighted by Gasteiger charge is 1.84. The summed E-state index contributed by atoms with van der Waals surface area (Å²) in [6.45, 7) is 2.14. The summed E-state index contributed by atoms with van der Waals surface area (Å²) < 4.78 is 0. The molecule has 0 spiro atoms. The van der Waals surface area contributed by atoms with Gasteiger partial charge in [0.15, 0.2) is 0 Å². The Hall–Kier alpha value is -1.83. The van der Waals surface area contributed by atoms with Gasteiger partial charge >= 0.3 is 0 Å². The third-order valence-electron chi connectivity index (χ3n) is 2.91. The second kappa shape index (κ2) is 17.2. The highest BCUT2D eigenvalue weighted by Crippen LogP contribution is 1.98. The van der Waals surface area contributed by atoms with Crippen molar-refractivity contribution in [3.63, 3.8) is 0 Å². The van der Waals surface area contributed by atoms with Crippen molar-refractivity contribution in [1.29, 1.82) is 0 Å². The van der Waals surface area contributed by atoms with Crippen LogP contribution in [-0.4, -0.2) is 5.97 Å². The first-order chi connectivity index (χ1) is 10.8. The Balaban J connectivity index is 3.46. The van der Waals surface area contributed by atoms with Crippen LogP contribution in [0.4, 0.5) is 0 Å². The molecule has 0 heterocycles. The van der Waals surface area contributed by atoms with E-state index in [4.69, 9.17) is 0 Å². The predicted molar refractivity (Wildman–Crippen MR) is 93.3 cm³/mol. The van der Waals surface area contributed by atoms with Crippen LogP contribution in [0.3, 0.4) is 0 Å². The summed E-state index contributed by atoms with van der Waals surface area (Å²) in [7, 11) is 0. The topological polar surface area (TPSA) is 40.1 Å². The van der Waals surface area contributed by atoms with Gasteiger partial charge in [-0.3, -0.25) is 0 Å². The zero-order chi connectivity index (χ0) is 16.3. The minimum absolute atomic E-state index is 0.147. The molecular weight excluding hydrogens is 272 g/mol. The van der Waals surface area contributed by atoms with Crippen LogP contribution in [0.15, 0.2) is 60.8 Å². The maximum atomic E-state index is 10.2. The normalized spacial score (nSPS) is 12.8. The zero-order valence-electron chi connectivity index (χ0n) is 13.7. The third kappa shape index (κ3) is 18.2. The molecular formula is C20H29O2-. The van der Waals surface area contributed by atoms with Gasteiger partial charge in [-0.2, -0.15) is 0 Å². The van der Waals surface area contributed by atoms with E-state index in [0.29, 0.717) is 6.42 Å². The van der Waals surface area contributed by atoms with E-state index in [9.17, 15) is 9.90 Å². The molecule has 0 unspecified atom stereocenters. The Bertz CT molecular complexity index is 398. The molecule has 2 heteroatoms. The van der Waals surface area contributed by atoms with Crippen molar-refractivity contribution >= 4 is 5.97 Å². The van der Waals surface area contributed by atoms with Gasteiger partial charge in [0.2, 0.25) is 0 Å². The molecule has 0 bridgehead atoms. The lowest BCUT2D eigenvalue weighted by Gasteiger charge is -1.97. The van der Waals surface area contributed by atoms with Gasteiger partial charge in [-0.05, 0) is 51.4 Å². The van der Waals surface area contributed by atoms with Crippen LogP contribution in [-0.2, 0) is 4.79 Å². The summed E-state index contributed by atoms with van der Waals surface area (Å²) >= 11 is 0. The van der Waals surface area contributed by atoms with Gasteiger partial charge in [0.05, 0.1) is 0 Å². The summed E-state index contributed by atoms with van der Waals surface area (Å²) in [5.41, 5.74) is 0. The first-order valence-electron chi connectivity index (χ1n) is 8.22. The molecule has 0 aliphatic heterocycles. The molecule has 0 radical (unpaired) electrons. The Morgan fingerprint density at radius 1 is 0.727 bits per heavy atom. The highest BCUT2D eigenvalue weighted by molar-refractivity contribution is 5.64. The van der Waals surface area contributed by atoms with Gasteiger partial charge < -0.3 is 9.90 Å². The molecule has 0 saturated carbocycles. The maximum Gasteiger partial charge on any atom is 0.0414 e. The Kier molecular flexibility index (Phi) is 15.8. The molecule has 0 aliphatic carbocycles. The van der Waals surface area contributed by atoms with Crippen LogP contribution in [0.25, 0.3) is 0 Å². The Labute approximate surface area is 135 Å². The average Bonchev–Trinajstić information content (AvgIpc) is 2.50. The van der Waals surface area contributed by atoms with Crippen LogP contribution in [0.1, 0.15) is 58.3 Å². The number of carbonyl (C=O) groups excluding carboxylic acids is 1. The largest absolute Gasteiger partial charge is 0.550 e. The molecule has 0 fully saturated rings. The molecule has 2 nitrogen and oxygen atoms in total. The second-order valence-electron chi connectivity index (χ2n) is 4.97. The minimum atomic E-state index is -0.965. The standard InChI is InChI=1S/C20H30O2/c1-2-3-4-5-6-7-8-9-10-11-12-13-14-15-16-17-18-19-20(21)22/h3-4,6-7,9-10,12-13,15-16H,2,5,8,11,14,17-19H2,1H3,(H,21,22)/p-1. The third-order valence-corrected chi connectivity index (χ3v) is 2.91. The fourth-order valence-corrected chi connectivity index (χ4v) is 1.73. The lowest BCUT2D eigenvalue weighted by Crippen LogP contribution is -2.21. The average molecular weight is 301 g/mol. The number of allylic oxidation sites excluding steroid dienone is 10. The highest BCUT2D eigenvalue weighted by atomic mass is 16.4.